The van der Waals surface area contributed by atoms with Crippen LogP contribution in [0.4, 0.5) is 5.82 Å². The number of aromatic nitrogens is 2. The van der Waals surface area contributed by atoms with Crippen molar-refractivity contribution in [3.8, 4) is 0 Å². The zero-order chi connectivity index (χ0) is 13.6. The topological polar surface area (TPSA) is 75.2 Å². The van der Waals surface area contributed by atoms with Gasteiger partial charge in [0.05, 0.1) is 12.3 Å². The van der Waals surface area contributed by atoms with Gasteiger partial charge >= 0.3 is 0 Å². The van der Waals surface area contributed by atoms with E-state index in [1.165, 1.54) is 0 Å². The van der Waals surface area contributed by atoms with Crippen LogP contribution >= 0.6 is 0 Å². The summed E-state index contributed by atoms with van der Waals surface area (Å²) in [6.07, 6.45) is 3.14. The predicted molar refractivity (Wildman–Crippen MR) is 71.9 cm³/mol. The van der Waals surface area contributed by atoms with Crippen molar-refractivity contribution in [1.82, 2.24) is 14.7 Å². The van der Waals surface area contributed by atoms with Gasteiger partial charge < -0.3 is 4.90 Å². The van der Waals surface area contributed by atoms with Crippen molar-refractivity contribution in [2.45, 2.75) is 26.3 Å². The van der Waals surface area contributed by atoms with Crippen LogP contribution in [0.25, 0.3) is 0 Å². The van der Waals surface area contributed by atoms with E-state index in [1.54, 1.807) is 12.3 Å². The number of sulfonamides is 1. The molecule has 0 saturated carbocycles. The van der Waals surface area contributed by atoms with Gasteiger partial charge in [0.1, 0.15) is 11.6 Å². The van der Waals surface area contributed by atoms with Crippen LogP contribution in [0.1, 0.15) is 25.6 Å². The van der Waals surface area contributed by atoms with Gasteiger partial charge in [-0.25, -0.2) is 23.1 Å². The second-order valence-electron chi connectivity index (χ2n) is 4.22. The minimum Gasteiger partial charge on any atom is -0.363 e. The molecule has 1 N–H and O–H groups in total. The maximum atomic E-state index is 11.6. The number of hydrogen-bond donors (Lipinski definition) is 1. The largest absolute Gasteiger partial charge is 0.363 e. The van der Waals surface area contributed by atoms with E-state index in [1.807, 2.05) is 25.9 Å². The summed E-state index contributed by atoms with van der Waals surface area (Å²) in [6.45, 7) is 2.09. The van der Waals surface area contributed by atoms with Gasteiger partial charge in [0.2, 0.25) is 10.0 Å². The second kappa shape index (κ2) is 6.65. The van der Waals surface area contributed by atoms with E-state index in [4.69, 9.17) is 0 Å². The van der Waals surface area contributed by atoms with E-state index >= 15 is 0 Å². The van der Waals surface area contributed by atoms with Crippen LogP contribution in [0.2, 0.25) is 0 Å². The highest BCUT2D eigenvalue weighted by Crippen LogP contribution is 2.05. The fraction of sp³-hybridized carbons (Fsp3) is 0.636. The normalized spacial score (nSPS) is 11.5. The molecule has 0 aliphatic carbocycles. The molecule has 0 aromatic carbocycles. The molecule has 1 heterocycles. The molecule has 0 saturated heterocycles. The molecule has 0 spiro atoms. The van der Waals surface area contributed by atoms with Crippen LogP contribution in [0.15, 0.2) is 12.3 Å². The van der Waals surface area contributed by atoms with Crippen molar-refractivity contribution >= 4 is 15.8 Å². The number of anilines is 1. The minimum atomic E-state index is -3.22. The SMILES string of the molecule is CCCCS(=O)(=O)NCc1nccc(N(C)C)n1. The molecule has 7 heteroatoms. The minimum absolute atomic E-state index is 0.133. The number of rotatable bonds is 7. The third kappa shape index (κ3) is 4.97. The summed E-state index contributed by atoms with van der Waals surface area (Å²) in [5.74, 6) is 1.38. The molecule has 0 bridgehead atoms. The van der Waals surface area contributed by atoms with Gasteiger partial charge in [0.15, 0.2) is 0 Å². The monoisotopic (exact) mass is 272 g/mol. The van der Waals surface area contributed by atoms with Gasteiger partial charge in [-0.05, 0) is 12.5 Å². The first-order chi connectivity index (χ1) is 8.44. The molecule has 0 atom stereocenters. The van der Waals surface area contributed by atoms with Crippen LogP contribution < -0.4 is 9.62 Å². The van der Waals surface area contributed by atoms with Crippen molar-refractivity contribution in [3.05, 3.63) is 18.1 Å². The summed E-state index contributed by atoms with van der Waals surface area (Å²) in [5.41, 5.74) is 0. The molecule has 0 unspecified atom stereocenters. The quantitative estimate of drug-likeness (QED) is 0.793. The van der Waals surface area contributed by atoms with Crippen LogP contribution in [-0.4, -0.2) is 38.2 Å². The molecular formula is C11H20N4O2S. The number of nitrogens with zero attached hydrogens (tertiary/aromatic N) is 3. The van der Waals surface area contributed by atoms with E-state index in [9.17, 15) is 8.42 Å². The Labute approximate surface area is 108 Å². The third-order valence-electron chi connectivity index (χ3n) is 2.37. The van der Waals surface area contributed by atoms with Gasteiger partial charge in [-0.2, -0.15) is 0 Å². The van der Waals surface area contributed by atoms with Gasteiger partial charge in [-0.1, -0.05) is 13.3 Å². The van der Waals surface area contributed by atoms with E-state index in [2.05, 4.69) is 14.7 Å². The summed E-state index contributed by atoms with van der Waals surface area (Å²) in [7, 11) is 0.526. The number of nitrogens with one attached hydrogen (secondary N) is 1. The summed E-state index contributed by atoms with van der Waals surface area (Å²) < 4.78 is 25.7. The molecule has 0 radical (unpaired) electrons. The molecule has 1 aromatic heterocycles. The van der Waals surface area contributed by atoms with Crippen LogP contribution in [0.3, 0.4) is 0 Å². The molecule has 1 aromatic rings. The van der Waals surface area contributed by atoms with Crippen molar-refractivity contribution in [1.29, 1.82) is 0 Å². The fourth-order valence-electron chi connectivity index (χ4n) is 1.30. The Morgan fingerprint density at radius 3 is 2.72 bits per heavy atom. The highest BCUT2D eigenvalue weighted by Gasteiger charge is 2.10. The standard InChI is InChI=1S/C11H20N4O2S/c1-4-5-8-18(16,17)13-9-10-12-7-6-11(14-10)15(2)3/h6-7,13H,4-5,8-9H2,1-3H3. The molecule has 0 aliphatic heterocycles. The lowest BCUT2D eigenvalue weighted by Gasteiger charge is -2.11. The van der Waals surface area contributed by atoms with Gasteiger partial charge in [-0.15, -0.1) is 0 Å². The third-order valence-corrected chi connectivity index (χ3v) is 3.78. The summed E-state index contributed by atoms with van der Waals surface area (Å²) in [6, 6.07) is 1.77. The number of unbranched alkanes of at least 4 members (excludes halogenated alkanes) is 1. The maximum absolute atomic E-state index is 11.6. The maximum Gasteiger partial charge on any atom is 0.212 e. The molecule has 102 valence electrons. The van der Waals surface area contributed by atoms with Crippen molar-refractivity contribution < 1.29 is 8.42 Å². The molecule has 1 rings (SSSR count). The van der Waals surface area contributed by atoms with Crippen molar-refractivity contribution in [2.75, 3.05) is 24.7 Å². The average Bonchev–Trinajstić information content (AvgIpc) is 2.34. The zero-order valence-electron chi connectivity index (χ0n) is 11.0. The van der Waals surface area contributed by atoms with E-state index in [0.29, 0.717) is 12.2 Å². The Kier molecular flexibility index (Phi) is 5.49. The molecule has 0 aliphatic rings. The molecular weight excluding hydrogens is 252 g/mol. The van der Waals surface area contributed by atoms with E-state index < -0.39 is 10.0 Å². The smallest absolute Gasteiger partial charge is 0.212 e. The van der Waals surface area contributed by atoms with Crippen LogP contribution in [-0.2, 0) is 16.6 Å². The summed E-state index contributed by atoms with van der Waals surface area (Å²) in [5, 5.41) is 0. The molecule has 0 fully saturated rings. The zero-order valence-corrected chi connectivity index (χ0v) is 11.9. The second-order valence-corrected chi connectivity index (χ2v) is 6.15. The van der Waals surface area contributed by atoms with Crippen LogP contribution in [0.5, 0.6) is 0 Å². The molecule has 18 heavy (non-hydrogen) atoms. The first kappa shape index (κ1) is 14.8. The van der Waals surface area contributed by atoms with Crippen molar-refractivity contribution in [3.63, 3.8) is 0 Å². The average molecular weight is 272 g/mol. The van der Waals surface area contributed by atoms with E-state index in [0.717, 1.165) is 12.2 Å². The van der Waals surface area contributed by atoms with Gasteiger partial charge in [-0.3, -0.25) is 0 Å². The number of hydrogen-bond acceptors (Lipinski definition) is 5. The Morgan fingerprint density at radius 1 is 1.39 bits per heavy atom. The Morgan fingerprint density at radius 2 is 2.11 bits per heavy atom. The lowest BCUT2D eigenvalue weighted by Crippen LogP contribution is -2.27. The predicted octanol–water partition coefficient (Wildman–Crippen LogP) is 0.762. The highest BCUT2D eigenvalue weighted by atomic mass is 32.2. The summed E-state index contributed by atoms with van der Waals surface area (Å²) >= 11 is 0. The Bertz CT molecular complexity index is 474. The fourth-order valence-corrected chi connectivity index (χ4v) is 2.47. The van der Waals surface area contributed by atoms with E-state index in [-0.39, 0.29) is 12.3 Å². The Balaban J connectivity index is 2.60. The Hall–Kier alpha value is -1.21. The lowest BCUT2D eigenvalue weighted by atomic mass is 10.4. The molecule has 0 amide bonds. The lowest BCUT2D eigenvalue weighted by molar-refractivity contribution is 0.576. The first-order valence-electron chi connectivity index (χ1n) is 5.91. The van der Waals surface area contributed by atoms with Crippen molar-refractivity contribution in [2.24, 2.45) is 0 Å². The molecule has 6 nitrogen and oxygen atoms in total. The summed E-state index contributed by atoms with van der Waals surface area (Å²) in [4.78, 5) is 10.1. The first-order valence-corrected chi connectivity index (χ1v) is 7.56. The van der Waals surface area contributed by atoms with Gasteiger partial charge in [0.25, 0.3) is 0 Å². The van der Waals surface area contributed by atoms with Crippen LogP contribution in [0, 0.1) is 0 Å². The highest BCUT2D eigenvalue weighted by molar-refractivity contribution is 7.89. The van der Waals surface area contributed by atoms with Gasteiger partial charge in [0, 0.05) is 20.3 Å².